The highest BCUT2D eigenvalue weighted by Gasteiger charge is 2.34. The fourth-order valence-electron chi connectivity index (χ4n) is 3.52. The normalized spacial score (nSPS) is 22.2. The van der Waals surface area contributed by atoms with Crippen molar-refractivity contribution < 1.29 is 31.2 Å². The number of carbonyl (C=O) groups is 2. The van der Waals surface area contributed by atoms with Gasteiger partial charge in [0.2, 0.25) is 5.91 Å². The molecule has 0 aromatic heterocycles. The zero-order chi connectivity index (χ0) is 23.4. The lowest BCUT2D eigenvalue weighted by Gasteiger charge is -2.35. The van der Waals surface area contributed by atoms with Gasteiger partial charge in [-0.3, -0.25) is 9.59 Å². The Balaban J connectivity index is 1.97. The molecule has 0 radical (unpaired) electrons. The number of nitrogens with two attached hydrogens (primary N) is 1. The van der Waals surface area contributed by atoms with Gasteiger partial charge >= 0.3 is 6.18 Å². The molecule has 11 heteroatoms. The molecule has 2 amide bonds. The van der Waals surface area contributed by atoms with Crippen LogP contribution in [0, 0.1) is 5.92 Å². The van der Waals surface area contributed by atoms with Gasteiger partial charge in [0.15, 0.2) is 9.84 Å². The van der Waals surface area contributed by atoms with Crippen molar-refractivity contribution >= 4 is 21.7 Å². The number of halogens is 3. The molecule has 2 rings (SSSR count). The Labute approximate surface area is 179 Å². The number of alkyl halides is 3. The third-order valence-corrected chi connectivity index (χ3v) is 7.72. The van der Waals surface area contributed by atoms with Crippen LogP contribution in [0.3, 0.4) is 0 Å². The molecule has 7 nitrogen and oxygen atoms in total. The van der Waals surface area contributed by atoms with Gasteiger partial charge in [0.1, 0.15) is 0 Å². The highest BCUT2D eigenvalue weighted by molar-refractivity contribution is 7.91. The van der Waals surface area contributed by atoms with Crippen LogP contribution in [0.1, 0.15) is 49.0 Å². The van der Waals surface area contributed by atoms with E-state index in [1.54, 1.807) is 13.8 Å². The first-order valence-electron chi connectivity index (χ1n) is 10.0. The number of hydrogen-bond acceptors (Lipinski definition) is 5. The summed E-state index contributed by atoms with van der Waals surface area (Å²) in [5, 5.41) is 4.49. The van der Waals surface area contributed by atoms with Crippen LogP contribution in [0.15, 0.2) is 24.3 Å². The molecule has 1 aromatic carbocycles. The number of benzene rings is 1. The monoisotopic (exact) mass is 463 g/mol. The van der Waals surface area contributed by atoms with Crippen molar-refractivity contribution in [2.45, 2.75) is 56.6 Å². The number of nitrogens with one attached hydrogen (secondary N) is 2. The Morgan fingerprint density at radius 1 is 1.23 bits per heavy atom. The summed E-state index contributed by atoms with van der Waals surface area (Å²) in [5.74, 6) is -1.81. The van der Waals surface area contributed by atoms with Crippen molar-refractivity contribution in [3.8, 4) is 0 Å². The summed E-state index contributed by atoms with van der Waals surface area (Å²) in [7, 11) is -3.34. The molecular weight excluding hydrogens is 435 g/mol. The summed E-state index contributed by atoms with van der Waals surface area (Å²) >= 11 is 0. The van der Waals surface area contributed by atoms with Gasteiger partial charge in [-0.2, -0.15) is 13.2 Å². The van der Waals surface area contributed by atoms with Crippen molar-refractivity contribution in [1.82, 2.24) is 10.6 Å². The Kier molecular flexibility index (Phi) is 8.09. The average Bonchev–Trinajstić information content (AvgIpc) is 2.67. The molecule has 0 spiro atoms. The Morgan fingerprint density at radius 3 is 2.52 bits per heavy atom. The van der Waals surface area contributed by atoms with Crippen LogP contribution in [-0.2, 0) is 20.8 Å². The zero-order valence-corrected chi connectivity index (χ0v) is 18.2. The quantitative estimate of drug-likeness (QED) is 0.571. The van der Waals surface area contributed by atoms with Crippen molar-refractivity contribution in [2.24, 2.45) is 11.7 Å². The standard InChI is InChI=1S/C20H28F3N3O4S/c1-12(2)31(29,30)11-14-9-16(24)6-7-17(14)26-18(27)10-25-19(28)13-4-3-5-15(8-13)20(21,22)23/h3-5,8,12,14,16-17H,6-7,9-11,24H2,1-2H3,(H,25,28)(H,26,27)/t14-,16+,17-/m0/s1. The van der Waals surface area contributed by atoms with Crippen LogP contribution >= 0.6 is 0 Å². The number of carbonyl (C=O) groups excluding carboxylic acids is 2. The van der Waals surface area contributed by atoms with E-state index in [0.29, 0.717) is 25.3 Å². The van der Waals surface area contributed by atoms with Gasteiger partial charge in [0, 0.05) is 17.6 Å². The highest BCUT2D eigenvalue weighted by atomic mass is 32.2. The molecule has 0 saturated heterocycles. The summed E-state index contributed by atoms with van der Waals surface area (Å²) in [6, 6.07) is 3.33. The van der Waals surface area contributed by atoms with Crippen molar-refractivity contribution in [1.29, 1.82) is 0 Å². The van der Waals surface area contributed by atoms with E-state index in [1.807, 2.05) is 0 Å². The maximum Gasteiger partial charge on any atom is 0.416 e. The minimum atomic E-state index is -4.58. The van der Waals surface area contributed by atoms with E-state index in [2.05, 4.69) is 10.6 Å². The van der Waals surface area contributed by atoms with Gasteiger partial charge < -0.3 is 16.4 Å². The maximum absolute atomic E-state index is 12.8. The second-order valence-corrected chi connectivity index (χ2v) is 10.7. The molecule has 0 bridgehead atoms. The van der Waals surface area contributed by atoms with E-state index >= 15 is 0 Å². The molecule has 0 aliphatic heterocycles. The van der Waals surface area contributed by atoms with Crippen LogP contribution in [0.2, 0.25) is 0 Å². The highest BCUT2D eigenvalue weighted by Crippen LogP contribution is 2.29. The van der Waals surface area contributed by atoms with Crippen LogP contribution in [0.5, 0.6) is 0 Å². The fraction of sp³-hybridized carbons (Fsp3) is 0.600. The van der Waals surface area contributed by atoms with Gasteiger partial charge in [0.25, 0.3) is 5.91 Å². The van der Waals surface area contributed by atoms with E-state index in [1.165, 1.54) is 6.07 Å². The molecule has 1 fully saturated rings. The van der Waals surface area contributed by atoms with Crippen molar-refractivity contribution in [2.75, 3.05) is 12.3 Å². The lowest BCUT2D eigenvalue weighted by Crippen LogP contribution is -2.51. The SMILES string of the molecule is CC(C)S(=O)(=O)C[C@@H]1C[C@H](N)CC[C@@H]1NC(=O)CNC(=O)c1cccc(C(F)(F)F)c1. The summed E-state index contributed by atoms with van der Waals surface area (Å²) in [6.07, 6.45) is -3.00. The van der Waals surface area contributed by atoms with E-state index in [0.717, 1.165) is 12.1 Å². The molecule has 31 heavy (non-hydrogen) atoms. The number of sulfone groups is 1. The molecule has 0 heterocycles. The van der Waals surface area contributed by atoms with Gasteiger partial charge in [-0.15, -0.1) is 0 Å². The predicted octanol–water partition coefficient (Wildman–Crippen LogP) is 1.87. The van der Waals surface area contributed by atoms with Crippen LogP contribution in [-0.4, -0.2) is 49.9 Å². The molecular formula is C20H28F3N3O4S. The largest absolute Gasteiger partial charge is 0.416 e. The fourth-order valence-corrected chi connectivity index (χ4v) is 4.87. The van der Waals surface area contributed by atoms with Crippen LogP contribution in [0.4, 0.5) is 13.2 Å². The van der Waals surface area contributed by atoms with Crippen LogP contribution in [0.25, 0.3) is 0 Å². The maximum atomic E-state index is 12.8. The topological polar surface area (TPSA) is 118 Å². The van der Waals surface area contributed by atoms with Gasteiger partial charge in [-0.25, -0.2) is 8.42 Å². The number of rotatable bonds is 7. The Hall–Kier alpha value is -2.14. The van der Waals surface area contributed by atoms with E-state index in [-0.39, 0.29) is 23.3 Å². The summed E-state index contributed by atoms with van der Waals surface area (Å²) in [4.78, 5) is 24.4. The van der Waals surface area contributed by atoms with Crippen molar-refractivity contribution in [3.63, 3.8) is 0 Å². The molecule has 1 saturated carbocycles. The summed E-state index contributed by atoms with van der Waals surface area (Å²) in [6.45, 7) is 2.74. The molecule has 3 atom stereocenters. The van der Waals surface area contributed by atoms with Gasteiger partial charge in [-0.1, -0.05) is 6.07 Å². The second-order valence-electron chi connectivity index (χ2n) is 8.15. The minimum Gasteiger partial charge on any atom is -0.352 e. The third kappa shape index (κ3) is 7.20. The van der Waals surface area contributed by atoms with E-state index < -0.39 is 51.2 Å². The molecule has 174 valence electrons. The Bertz CT molecular complexity index is 903. The molecule has 1 aromatic rings. The lowest BCUT2D eigenvalue weighted by atomic mass is 9.83. The van der Waals surface area contributed by atoms with E-state index in [4.69, 9.17) is 5.73 Å². The van der Waals surface area contributed by atoms with Crippen molar-refractivity contribution in [3.05, 3.63) is 35.4 Å². The molecule has 4 N–H and O–H groups in total. The molecule has 0 unspecified atom stereocenters. The van der Waals surface area contributed by atoms with Gasteiger partial charge in [-0.05, 0) is 57.2 Å². The average molecular weight is 464 g/mol. The third-order valence-electron chi connectivity index (χ3n) is 5.40. The van der Waals surface area contributed by atoms with Gasteiger partial charge in [0.05, 0.1) is 23.1 Å². The zero-order valence-electron chi connectivity index (χ0n) is 17.4. The van der Waals surface area contributed by atoms with E-state index in [9.17, 15) is 31.2 Å². The first kappa shape index (κ1) is 25.1. The number of hydrogen-bond donors (Lipinski definition) is 3. The second kappa shape index (κ2) is 9.99. The predicted molar refractivity (Wildman–Crippen MR) is 110 cm³/mol. The van der Waals surface area contributed by atoms with Crippen LogP contribution < -0.4 is 16.4 Å². The number of amides is 2. The summed E-state index contributed by atoms with van der Waals surface area (Å²) in [5.41, 5.74) is 4.80. The Morgan fingerprint density at radius 2 is 1.90 bits per heavy atom. The minimum absolute atomic E-state index is 0.0973. The molecule has 1 aliphatic carbocycles. The smallest absolute Gasteiger partial charge is 0.352 e. The lowest BCUT2D eigenvalue weighted by molar-refractivity contribution is -0.137. The first-order chi connectivity index (χ1) is 14.3. The first-order valence-corrected chi connectivity index (χ1v) is 11.7. The summed E-state index contributed by atoms with van der Waals surface area (Å²) < 4.78 is 63.0. The molecule has 1 aliphatic rings.